The van der Waals surface area contributed by atoms with Gasteiger partial charge in [0.15, 0.2) is 16.9 Å². The van der Waals surface area contributed by atoms with E-state index in [9.17, 15) is 19.2 Å². The lowest BCUT2D eigenvalue weighted by atomic mass is 9.66. The van der Waals surface area contributed by atoms with Gasteiger partial charge in [-0.15, -0.1) is 0 Å². The molecule has 4 unspecified atom stereocenters. The average molecular weight is 715 g/mol. The molecule has 1 aromatic heterocycles. The molecule has 0 radical (unpaired) electrons. The number of fused-ring (bicyclic) bond motifs is 7. The first-order chi connectivity index (χ1) is 23.8. The van der Waals surface area contributed by atoms with Crippen LogP contribution in [0.1, 0.15) is 92.7 Å². The van der Waals surface area contributed by atoms with Gasteiger partial charge in [0.2, 0.25) is 11.2 Å². The predicted molar refractivity (Wildman–Crippen MR) is 186 cm³/mol. The number of benzene rings is 2. The number of hydrogen-bond acceptors (Lipinski definition) is 11. The predicted octanol–water partition coefficient (Wildman–Crippen LogP) is 7.74. The summed E-state index contributed by atoms with van der Waals surface area (Å²) in [6.07, 6.45) is -1.13. The van der Waals surface area contributed by atoms with Crippen molar-refractivity contribution < 1.29 is 47.3 Å². The monoisotopic (exact) mass is 714 g/mol. The zero-order chi connectivity index (χ0) is 36.7. The number of esters is 4. The molecule has 11 heteroatoms. The van der Waals surface area contributed by atoms with Crippen molar-refractivity contribution in [3.8, 4) is 16.9 Å². The second kappa shape index (κ2) is 10.2. The summed E-state index contributed by atoms with van der Waals surface area (Å²) in [5, 5.41) is 0.665. The van der Waals surface area contributed by atoms with E-state index in [0.29, 0.717) is 35.1 Å². The Morgan fingerprint density at radius 1 is 0.725 bits per heavy atom. The van der Waals surface area contributed by atoms with Crippen LogP contribution in [0, 0.1) is 26.4 Å². The third-order valence-electron chi connectivity index (χ3n) is 13.9. The summed E-state index contributed by atoms with van der Waals surface area (Å²) in [4.78, 5) is 55.6. The van der Waals surface area contributed by atoms with Gasteiger partial charge in [0.05, 0.1) is 16.4 Å². The third-order valence-corrected chi connectivity index (χ3v) is 14.1. The Morgan fingerprint density at radius 3 is 1.78 bits per heavy atom. The van der Waals surface area contributed by atoms with Crippen molar-refractivity contribution in [3.05, 3.63) is 58.8 Å². The van der Waals surface area contributed by atoms with E-state index in [1.54, 1.807) is 26.0 Å². The first-order valence-electron chi connectivity index (χ1n) is 17.5. The van der Waals surface area contributed by atoms with Crippen molar-refractivity contribution in [1.82, 2.24) is 0 Å². The van der Waals surface area contributed by atoms with Crippen molar-refractivity contribution in [2.45, 2.75) is 110 Å². The minimum Gasteiger partial charge on any atom is -0.483 e. The van der Waals surface area contributed by atoms with Gasteiger partial charge in [-0.25, -0.2) is 9.59 Å². The van der Waals surface area contributed by atoms with Crippen LogP contribution in [0.3, 0.4) is 0 Å². The van der Waals surface area contributed by atoms with E-state index in [4.69, 9.17) is 40.3 Å². The largest absolute Gasteiger partial charge is 0.483 e. The summed E-state index contributed by atoms with van der Waals surface area (Å²) < 4.78 is 37.8. The summed E-state index contributed by atoms with van der Waals surface area (Å²) in [7, 11) is 0. The van der Waals surface area contributed by atoms with Gasteiger partial charge in [0.25, 0.3) is 0 Å². The van der Waals surface area contributed by atoms with Gasteiger partial charge in [-0.3, -0.25) is 9.59 Å². The van der Waals surface area contributed by atoms with Gasteiger partial charge in [0.1, 0.15) is 16.9 Å². The van der Waals surface area contributed by atoms with Crippen molar-refractivity contribution in [1.29, 1.82) is 0 Å². The molecule has 51 heavy (non-hydrogen) atoms. The summed E-state index contributed by atoms with van der Waals surface area (Å²) >= 11 is 5.64. The molecule has 3 aromatic rings. The number of ether oxygens (including phenoxy) is 5. The van der Waals surface area contributed by atoms with Crippen LogP contribution >= 0.6 is 12.2 Å². The molecule has 2 aliphatic carbocycles. The molecule has 0 N–H and O–H groups in total. The molecule has 2 saturated carbocycles. The topological polar surface area (TPSA) is 128 Å². The molecular formula is C40H42O10S. The van der Waals surface area contributed by atoms with Gasteiger partial charge in [0, 0.05) is 22.3 Å². The molecule has 4 heterocycles. The molecule has 3 aliphatic heterocycles. The molecule has 2 saturated heterocycles. The molecule has 4 fully saturated rings. The highest BCUT2D eigenvalue weighted by molar-refractivity contribution is 7.71. The van der Waals surface area contributed by atoms with Gasteiger partial charge in [-0.2, -0.15) is 0 Å². The number of rotatable bonds is 5. The molecule has 268 valence electrons. The van der Waals surface area contributed by atoms with E-state index >= 15 is 0 Å². The van der Waals surface area contributed by atoms with Crippen LogP contribution in [0.15, 0.2) is 52.9 Å². The van der Waals surface area contributed by atoms with Crippen molar-refractivity contribution in [2.24, 2.45) is 21.7 Å². The van der Waals surface area contributed by atoms with Gasteiger partial charge in [-0.05, 0) is 88.9 Å². The second-order valence-electron chi connectivity index (χ2n) is 16.9. The van der Waals surface area contributed by atoms with E-state index in [1.807, 2.05) is 77.9 Å². The second-order valence-corrected chi connectivity index (χ2v) is 17.3. The number of carbonyl (C=O) groups excluding carboxylic acids is 4. The van der Waals surface area contributed by atoms with E-state index in [1.165, 1.54) is 0 Å². The minimum atomic E-state index is -1.58. The van der Waals surface area contributed by atoms with E-state index in [2.05, 4.69) is 0 Å². The summed E-state index contributed by atoms with van der Waals surface area (Å²) in [6, 6.07) is 15.1. The first kappa shape index (κ1) is 33.9. The highest BCUT2D eigenvalue weighted by atomic mass is 32.1. The van der Waals surface area contributed by atoms with Gasteiger partial charge >= 0.3 is 23.9 Å². The maximum atomic E-state index is 14.7. The Hall–Kier alpha value is -4.25. The molecule has 4 bridgehead atoms. The van der Waals surface area contributed by atoms with E-state index in [-0.39, 0.29) is 17.5 Å². The molecule has 5 aliphatic rings. The molecule has 0 amide bonds. The van der Waals surface area contributed by atoms with Crippen LogP contribution in [-0.2, 0) is 38.1 Å². The fraction of sp³-hybridized carbons (Fsp3) is 0.525. The molecular weight excluding hydrogens is 672 g/mol. The van der Waals surface area contributed by atoms with Crippen LogP contribution in [0.25, 0.3) is 22.1 Å². The molecule has 10 nitrogen and oxygen atoms in total. The van der Waals surface area contributed by atoms with Crippen molar-refractivity contribution >= 4 is 47.1 Å². The number of hydrogen-bond donors (Lipinski definition) is 0. The Kier molecular flexibility index (Phi) is 6.78. The SMILES string of the molecule is CC1(C)Oc2ccc3c(-c4ccccc4)cc(=S)oc3c2[C@@H](OC(=O)C23CCC(C)(C(=O)O2)C3(C)C)[C@H]1OC(=O)C12CCC(C)(C(=O)O1)C2(C)C. The summed E-state index contributed by atoms with van der Waals surface area (Å²) in [6.45, 7) is 14.5. The van der Waals surface area contributed by atoms with Crippen LogP contribution in [0.2, 0.25) is 0 Å². The zero-order valence-electron chi connectivity index (χ0n) is 30.1. The van der Waals surface area contributed by atoms with Crippen LogP contribution in [-0.4, -0.2) is 46.8 Å². The maximum absolute atomic E-state index is 14.7. The Balaban J connectivity index is 1.30. The lowest BCUT2D eigenvalue weighted by Gasteiger charge is -2.45. The van der Waals surface area contributed by atoms with Gasteiger partial charge < -0.3 is 28.1 Å². The minimum absolute atomic E-state index is 0.179. The molecule has 0 spiro atoms. The van der Waals surface area contributed by atoms with E-state index in [0.717, 1.165) is 11.1 Å². The Labute approximate surface area is 301 Å². The lowest BCUT2D eigenvalue weighted by Crippen LogP contribution is -2.57. The van der Waals surface area contributed by atoms with Crippen molar-refractivity contribution in [3.63, 3.8) is 0 Å². The molecule has 8 rings (SSSR count). The van der Waals surface area contributed by atoms with Crippen LogP contribution in [0.4, 0.5) is 0 Å². The highest BCUT2D eigenvalue weighted by Crippen LogP contribution is 2.67. The molecule has 2 aromatic carbocycles. The van der Waals surface area contributed by atoms with Crippen LogP contribution in [0.5, 0.6) is 5.75 Å². The summed E-state index contributed by atoms with van der Waals surface area (Å²) in [5.74, 6) is -2.07. The standard InChI is InChI=1S/C40H42O10S/c1-34(2)29(47-33(44)40-19-17-38(8,31(42)50-40)36(40,5)6)28(46-32(43)39-18-16-37(7,30(41)49-39)35(39,3)4)26-24(48-34)15-14-22-23(20-25(51)45-27(22)26)21-12-10-9-11-13-21/h9-15,20,28-29H,16-19H2,1-8H3/t28-,29-,37?,38?,39?,40?/m1/s1. The maximum Gasteiger partial charge on any atom is 0.351 e. The quantitative estimate of drug-likeness (QED) is 0.146. The fourth-order valence-electron chi connectivity index (χ4n) is 9.45. The fourth-order valence-corrected chi connectivity index (χ4v) is 9.65. The highest BCUT2D eigenvalue weighted by Gasteiger charge is 2.78. The number of carbonyl (C=O) groups is 4. The lowest BCUT2D eigenvalue weighted by molar-refractivity contribution is -0.217. The van der Waals surface area contributed by atoms with E-state index < -0.39 is 74.5 Å². The Bertz CT molecular complexity index is 2130. The first-order valence-corrected chi connectivity index (χ1v) is 17.9. The average Bonchev–Trinajstić information content (AvgIpc) is 3.53. The smallest absolute Gasteiger partial charge is 0.351 e. The molecule has 6 atom stereocenters. The zero-order valence-corrected chi connectivity index (χ0v) is 30.9. The van der Waals surface area contributed by atoms with Gasteiger partial charge in [-0.1, -0.05) is 58.0 Å². The van der Waals surface area contributed by atoms with Crippen molar-refractivity contribution in [2.75, 3.05) is 0 Å². The third kappa shape index (κ3) is 4.01. The summed E-state index contributed by atoms with van der Waals surface area (Å²) in [5.41, 5.74) is -5.69. The van der Waals surface area contributed by atoms with Crippen LogP contribution < -0.4 is 4.74 Å². The normalized spacial score (nSPS) is 34.7. The Morgan fingerprint density at radius 2 is 1.27 bits per heavy atom.